The number of esters is 1. The first-order valence-corrected chi connectivity index (χ1v) is 9.50. The molecule has 4 aromatic rings. The number of ether oxygens (including phenoxy) is 2. The first-order chi connectivity index (χ1) is 13.6. The average molecular weight is 413 g/mol. The van der Waals surface area contributed by atoms with Crippen molar-refractivity contribution in [2.45, 2.75) is 0 Å². The number of hydrogen-bond acceptors (Lipinski definition) is 6. The van der Waals surface area contributed by atoms with Crippen molar-refractivity contribution in [2.24, 2.45) is 0 Å². The van der Waals surface area contributed by atoms with Crippen LogP contribution in [0.2, 0.25) is 5.02 Å². The van der Waals surface area contributed by atoms with Crippen molar-refractivity contribution in [3.8, 4) is 22.6 Å². The van der Waals surface area contributed by atoms with Crippen LogP contribution in [0, 0.1) is 0 Å². The van der Waals surface area contributed by atoms with Crippen LogP contribution in [0.3, 0.4) is 0 Å². The molecule has 0 fully saturated rings. The Bertz CT molecular complexity index is 1180. The number of carbonyl (C=O) groups excluding carboxylic acids is 1. The molecule has 1 aromatic heterocycles. The van der Waals surface area contributed by atoms with Crippen molar-refractivity contribution < 1.29 is 18.7 Å². The van der Waals surface area contributed by atoms with Crippen molar-refractivity contribution in [3.05, 3.63) is 81.5 Å². The first-order valence-electron chi connectivity index (χ1n) is 8.31. The predicted molar refractivity (Wildman–Crippen MR) is 108 cm³/mol. The molecule has 0 N–H and O–H groups in total. The summed E-state index contributed by atoms with van der Waals surface area (Å²) < 4.78 is 16.7. The number of fused-ring (bicyclic) bond motifs is 1. The molecular formula is C21H13ClO5S. The second-order valence-electron chi connectivity index (χ2n) is 5.83. The SMILES string of the molecule is O=C(COc1ccc(Cl)cc1)Oc1cc(-c2ccccc2)c2oc(=O)sc2c1. The minimum atomic E-state index is -0.566. The summed E-state index contributed by atoms with van der Waals surface area (Å²) in [6.45, 7) is -0.262. The number of hydrogen-bond donors (Lipinski definition) is 0. The Labute approximate surface area is 168 Å². The molecule has 0 aliphatic heterocycles. The van der Waals surface area contributed by atoms with E-state index < -0.39 is 10.9 Å². The molecule has 0 amide bonds. The topological polar surface area (TPSA) is 65.7 Å². The number of rotatable bonds is 5. The van der Waals surface area contributed by atoms with E-state index in [0.717, 1.165) is 16.9 Å². The van der Waals surface area contributed by atoms with E-state index >= 15 is 0 Å². The van der Waals surface area contributed by atoms with Crippen LogP contribution in [-0.2, 0) is 4.79 Å². The van der Waals surface area contributed by atoms with Gasteiger partial charge in [0.15, 0.2) is 12.2 Å². The maximum atomic E-state index is 12.2. The van der Waals surface area contributed by atoms with Gasteiger partial charge in [-0.3, -0.25) is 0 Å². The number of halogens is 1. The molecule has 0 radical (unpaired) electrons. The highest BCUT2D eigenvalue weighted by atomic mass is 35.5. The van der Waals surface area contributed by atoms with Crippen molar-refractivity contribution >= 4 is 39.2 Å². The average Bonchev–Trinajstić information content (AvgIpc) is 3.07. The largest absolute Gasteiger partial charge is 0.482 e. The van der Waals surface area contributed by atoms with E-state index in [2.05, 4.69) is 0 Å². The molecule has 0 aliphatic carbocycles. The van der Waals surface area contributed by atoms with Gasteiger partial charge in [-0.25, -0.2) is 9.59 Å². The summed E-state index contributed by atoms with van der Waals surface area (Å²) in [7, 11) is 0. The Balaban J connectivity index is 1.57. The molecule has 0 unspecified atom stereocenters. The normalized spacial score (nSPS) is 10.8. The van der Waals surface area contributed by atoms with Crippen molar-refractivity contribution in [3.63, 3.8) is 0 Å². The Morgan fingerprint density at radius 3 is 2.50 bits per heavy atom. The fourth-order valence-electron chi connectivity index (χ4n) is 2.68. The zero-order valence-corrected chi connectivity index (χ0v) is 16.0. The van der Waals surface area contributed by atoms with Gasteiger partial charge in [0.2, 0.25) is 0 Å². The summed E-state index contributed by atoms with van der Waals surface area (Å²) in [5.74, 6) is 0.257. The summed E-state index contributed by atoms with van der Waals surface area (Å²) in [4.78, 5) is 23.5. The highest BCUT2D eigenvalue weighted by Gasteiger charge is 2.15. The summed E-state index contributed by atoms with van der Waals surface area (Å²) in [6.07, 6.45) is 0. The first kappa shape index (κ1) is 18.3. The van der Waals surface area contributed by atoms with E-state index in [4.69, 9.17) is 25.5 Å². The highest BCUT2D eigenvalue weighted by molar-refractivity contribution is 7.16. The third-order valence-corrected chi connectivity index (χ3v) is 4.92. The van der Waals surface area contributed by atoms with Gasteiger partial charge < -0.3 is 13.9 Å². The van der Waals surface area contributed by atoms with Gasteiger partial charge in [0.25, 0.3) is 0 Å². The zero-order valence-electron chi connectivity index (χ0n) is 14.4. The quantitative estimate of drug-likeness (QED) is 0.334. The summed E-state index contributed by atoms with van der Waals surface area (Å²) in [6, 6.07) is 19.4. The van der Waals surface area contributed by atoms with Crippen LogP contribution in [0.4, 0.5) is 0 Å². The smallest absolute Gasteiger partial charge is 0.396 e. The van der Waals surface area contributed by atoms with E-state index in [1.165, 1.54) is 0 Å². The highest BCUT2D eigenvalue weighted by Crippen LogP contribution is 2.34. The van der Waals surface area contributed by atoms with Gasteiger partial charge in [0, 0.05) is 16.7 Å². The third kappa shape index (κ3) is 4.08. The van der Waals surface area contributed by atoms with Crippen molar-refractivity contribution in [1.82, 2.24) is 0 Å². The van der Waals surface area contributed by atoms with Crippen LogP contribution >= 0.6 is 22.9 Å². The van der Waals surface area contributed by atoms with Crippen LogP contribution in [0.25, 0.3) is 21.4 Å². The van der Waals surface area contributed by atoms with Gasteiger partial charge in [-0.05, 0) is 35.9 Å². The molecule has 0 spiro atoms. The Kier molecular flexibility index (Phi) is 5.14. The molecule has 7 heteroatoms. The Morgan fingerprint density at radius 1 is 1.00 bits per heavy atom. The van der Waals surface area contributed by atoms with Gasteiger partial charge in [-0.15, -0.1) is 0 Å². The minimum absolute atomic E-state index is 0.262. The van der Waals surface area contributed by atoms with E-state index in [1.54, 1.807) is 36.4 Å². The molecule has 5 nitrogen and oxygen atoms in total. The van der Waals surface area contributed by atoms with Crippen LogP contribution < -0.4 is 14.4 Å². The Hall–Kier alpha value is -3.09. The molecule has 4 rings (SSSR count). The molecule has 0 bridgehead atoms. The summed E-state index contributed by atoms with van der Waals surface area (Å²) >= 11 is 6.78. The Morgan fingerprint density at radius 2 is 1.75 bits per heavy atom. The molecule has 0 aliphatic rings. The lowest BCUT2D eigenvalue weighted by atomic mass is 10.0. The molecule has 0 saturated carbocycles. The molecular weight excluding hydrogens is 400 g/mol. The fourth-order valence-corrected chi connectivity index (χ4v) is 3.53. The lowest BCUT2D eigenvalue weighted by Crippen LogP contribution is -2.17. The van der Waals surface area contributed by atoms with E-state index in [0.29, 0.717) is 32.4 Å². The lowest BCUT2D eigenvalue weighted by molar-refractivity contribution is -0.136. The summed E-state index contributed by atoms with van der Waals surface area (Å²) in [5.41, 5.74) is 2.00. The van der Waals surface area contributed by atoms with Gasteiger partial charge in [-0.2, -0.15) is 0 Å². The number of benzene rings is 3. The van der Waals surface area contributed by atoms with Crippen LogP contribution in [0.15, 0.2) is 75.9 Å². The molecule has 1 heterocycles. The van der Waals surface area contributed by atoms with Gasteiger partial charge in [0.05, 0.1) is 4.70 Å². The molecule has 140 valence electrons. The van der Waals surface area contributed by atoms with Crippen LogP contribution in [0.5, 0.6) is 11.5 Å². The predicted octanol–water partition coefficient (Wildman–Crippen LogP) is 5.16. The minimum Gasteiger partial charge on any atom is -0.482 e. The molecule has 3 aromatic carbocycles. The van der Waals surface area contributed by atoms with E-state index in [-0.39, 0.29) is 6.61 Å². The van der Waals surface area contributed by atoms with Gasteiger partial charge in [0.1, 0.15) is 11.5 Å². The maximum Gasteiger partial charge on any atom is 0.396 e. The fraction of sp³-hybridized carbons (Fsp3) is 0.0476. The van der Waals surface area contributed by atoms with Crippen molar-refractivity contribution in [1.29, 1.82) is 0 Å². The summed E-state index contributed by atoms with van der Waals surface area (Å²) in [5, 5.41) is 0.579. The molecule has 28 heavy (non-hydrogen) atoms. The molecule has 0 atom stereocenters. The van der Waals surface area contributed by atoms with Crippen LogP contribution in [-0.4, -0.2) is 12.6 Å². The van der Waals surface area contributed by atoms with E-state index in [1.807, 2.05) is 30.3 Å². The zero-order chi connectivity index (χ0) is 19.5. The monoisotopic (exact) mass is 412 g/mol. The van der Waals surface area contributed by atoms with Gasteiger partial charge >= 0.3 is 10.9 Å². The standard InChI is InChI=1S/C21H13ClO5S/c22-14-6-8-15(9-7-14)25-12-19(23)26-16-10-17(13-4-2-1-3-5-13)20-18(11-16)28-21(24)27-20/h1-11H,12H2. The van der Waals surface area contributed by atoms with Crippen molar-refractivity contribution in [2.75, 3.05) is 6.61 Å². The molecule has 0 saturated heterocycles. The number of carbonyl (C=O) groups is 1. The van der Waals surface area contributed by atoms with Crippen LogP contribution in [0.1, 0.15) is 0 Å². The van der Waals surface area contributed by atoms with E-state index in [9.17, 15) is 9.59 Å². The second kappa shape index (κ2) is 7.88. The maximum absolute atomic E-state index is 12.2. The van der Waals surface area contributed by atoms with Gasteiger partial charge in [-0.1, -0.05) is 53.3 Å². The lowest BCUT2D eigenvalue weighted by Gasteiger charge is -2.09. The third-order valence-electron chi connectivity index (χ3n) is 3.89. The second-order valence-corrected chi connectivity index (χ2v) is 7.25.